The second-order valence-electron chi connectivity index (χ2n) is 8.39. The topological polar surface area (TPSA) is 93.5 Å². The number of hydrogen-bond donors (Lipinski definition) is 3. The van der Waals surface area contributed by atoms with Crippen LogP contribution in [0.4, 0.5) is 15.9 Å². The minimum absolute atomic E-state index is 0.00254. The Balaban J connectivity index is 1.83. The molecule has 1 amide bonds. The maximum absolute atomic E-state index is 14.8. The number of nitrogens with zero attached hydrogens (tertiary/aromatic N) is 3. The van der Waals surface area contributed by atoms with Crippen LogP contribution in [-0.4, -0.2) is 41.9 Å². The van der Waals surface area contributed by atoms with E-state index >= 15 is 0 Å². The predicted octanol–water partition coefficient (Wildman–Crippen LogP) is 4.70. The number of aliphatic imine (C=N–C) groups is 1. The summed E-state index contributed by atoms with van der Waals surface area (Å²) in [5, 5.41) is 14.3. The number of carbonyl (C=O) groups is 1. The zero-order valence-corrected chi connectivity index (χ0v) is 20.1. The molecule has 34 heavy (non-hydrogen) atoms. The fraction of sp³-hybridized carbons (Fsp3) is 0.308. The molecular weight excluding hydrogens is 431 g/mol. The van der Waals surface area contributed by atoms with Crippen LogP contribution in [0.5, 0.6) is 0 Å². The molecule has 0 bridgehead atoms. The van der Waals surface area contributed by atoms with E-state index in [9.17, 15) is 9.18 Å². The molecule has 1 saturated heterocycles. The molecule has 7 nitrogen and oxygen atoms in total. The number of aromatic nitrogens is 1. The Morgan fingerprint density at radius 2 is 2.15 bits per heavy atom. The molecule has 0 saturated carbocycles. The highest BCUT2D eigenvalue weighted by Crippen LogP contribution is 2.25. The van der Waals surface area contributed by atoms with Gasteiger partial charge in [-0.2, -0.15) is 0 Å². The molecule has 3 rings (SSSR count). The molecule has 0 atom stereocenters. The lowest BCUT2D eigenvalue weighted by atomic mass is 9.89. The summed E-state index contributed by atoms with van der Waals surface area (Å²) in [6.07, 6.45) is 8.09. The minimum Gasteiger partial charge on any atom is -0.325 e. The SMILES string of the molecule is C=C(N=C(C1=C/C(=C(/C)C(C)C)C(=N)C=C1)/C(F)=C\C)Nc1ccc(N2CCNCC2=O)cn1. The van der Waals surface area contributed by atoms with Crippen molar-refractivity contribution in [3.63, 3.8) is 0 Å². The Hall–Kier alpha value is -3.65. The third-order valence-electron chi connectivity index (χ3n) is 5.73. The zero-order chi connectivity index (χ0) is 24.8. The van der Waals surface area contributed by atoms with Crippen LogP contribution < -0.4 is 15.5 Å². The second-order valence-corrected chi connectivity index (χ2v) is 8.39. The molecule has 2 heterocycles. The molecule has 0 spiro atoms. The van der Waals surface area contributed by atoms with Crippen LogP contribution >= 0.6 is 0 Å². The number of carbonyl (C=O) groups excluding carboxylic acids is 1. The van der Waals surface area contributed by atoms with Crippen molar-refractivity contribution in [1.29, 1.82) is 5.41 Å². The van der Waals surface area contributed by atoms with E-state index in [1.807, 2.05) is 6.92 Å². The average Bonchev–Trinajstić information content (AvgIpc) is 2.83. The van der Waals surface area contributed by atoms with E-state index in [4.69, 9.17) is 5.41 Å². The third-order valence-corrected chi connectivity index (χ3v) is 5.73. The van der Waals surface area contributed by atoms with Gasteiger partial charge in [-0.1, -0.05) is 32.1 Å². The van der Waals surface area contributed by atoms with Gasteiger partial charge in [0.25, 0.3) is 0 Å². The summed E-state index contributed by atoms with van der Waals surface area (Å²) in [5.41, 5.74) is 3.61. The molecule has 0 unspecified atom stereocenters. The molecule has 178 valence electrons. The maximum atomic E-state index is 14.8. The number of halogens is 1. The number of allylic oxidation sites excluding steroid dienone is 8. The van der Waals surface area contributed by atoms with Crippen molar-refractivity contribution in [1.82, 2.24) is 10.3 Å². The van der Waals surface area contributed by atoms with Gasteiger partial charge in [-0.3, -0.25) is 4.79 Å². The van der Waals surface area contributed by atoms with Crippen molar-refractivity contribution in [2.45, 2.75) is 27.7 Å². The van der Waals surface area contributed by atoms with E-state index in [1.54, 1.807) is 48.4 Å². The summed E-state index contributed by atoms with van der Waals surface area (Å²) in [6.45, 7) is 13.2. The molecule has 1 aromatic heterocycles. The van der Waals surface area contributed by atoms with Crippen LogP contribution in [0, 0.1) is 11.3 Å². The highest BCUT2D eigenvalue weighted by molar-refractivity contribution is 6.19. The first-order valence-electron chi connectivity index (χ1n) is 11.2. The fourth-order valence-corrected chi connectivity index (χ4v) is 3.53. The van der Waals surface area contributed by atoms with Crippen LogP contribution in [-0.2, 0) is 4.79 Å². The summed E-state index contributed by atoms with van der Waals surface area (Å²) in [7, 11) is 0. The Bertz CT molecular complexity index is 1140. The van der Waals surface area contributed by atoms with E-state index in [2.05, 4.69) is 41.0 Å². The standard InChI is InChI=1S/C26H31FN6O/c1-6-22(27)26(19-7-9-23(28)21(13-19)17(4)16(2)3)32-18(5)31-24-10-8-20(14-30-24)33-12-11-29-15-25(33)34/h6-10,13-14,16,28-29H,5,11-12,15H2,1-4H3,(H,30,31)/b21-17+,22-6+,28-23?,32-26?. The van der Waals surface area contributed by atoms with Gasteiger partial charge in [0, 0.05) is 18.7 Å². The van der Waals surface area contributed by atoms with Gasteiger partial charge >= 0.3 is 0 Å². The van der Waals surface area contributed by atoms with Gasteiger partial charge < -0.3 is 20.9 Å². The van der Waals surface area contributed by atoms with Crippen LogP contribution in [0.15, 0.2) is 82.6 Å². The van der Waals surface area contributed by atoms with Gasteiger partial charge in [-0.05, 0) is 55.7 Å². The Labute approximate surface area is 200 Å². The Kier molecular flexibility index (Phi) is 8.07. The summed E-state index contributed by atoms with van der Waals surface area (Å²) in [5.74, 6) is 0.457. The van der Waals surface area contributed by atoms with Crippen molar-refractivity contribution in [2.24, 2.45) is 10.9 Å². The highest BCUT2D eigenvalue weighted by atomic mass is 19.1. The molecule has 1 aromatic rings. The number of rotatable bonds is 7. The Morgan fingerprint density at radius 3 is 2.76 bits per heavy atom. The monoisotopic (exact) mass is 462 g/mol. The number of amides is 1. The van der Waals surface area contributed by atoms with Gasteiger partial charge in [0.1, 0.15) is 23.2 Å². The van der Waals surface area contributed by atoms with Crippen LogP contribution in [0.25, 0.3) is 0 Å². The smallest absolute Gasteiger partial charge is 0.241 e. The van der Waals surface area contributed by atoms with Crippen LogP contribution in [0.3, 0.4) is 0 Å². The largest absolute Gasteiger partial charge is 0.325 e. The summed E-state index contributed by atoms with van der Waals surface area (Å²) in [4.78, 5) is 22.5. The minimum atomic E-state index is -0.491. The summed E-state index contributed by atoms with van der Waals surface area (Å²) in [6, 6.07) is 3.53. The molecule has 2 aliphatic rings. The van der Waals surface area contributed by atoms with Gasteiger partial charge in [0.15, 0.2) is 0 Å². The zero-order valence-electron chi connectivity index (χ0n) is 20.1. The maximum Gasteiger partial charge on any atom is 0.241 e. The van der Waals surface area contributed by atoms with Crippen LogP contribution in [0.1, 0.15) is 27.7 Å². The van der Waals surface area contributed by atoms with Crippen molar-refractivity contribution in [3.8, 4) is 0 Å². The number of hydrogen-bond acceptors (Lipinski definition) is 6. The van der Waals surface area contributed by atoms with Crippen molar-refractivity contribution in [2.75, 3.05) is 29.9 Å². The van der Waals surface area contributed by atoms with E-state index in [-0.39, 0.29) is 23.4 Å². The first-order valence-corrected chi connectivity index (χ1v) is 11.2. The number of anilines is 2. The van der Waals surface area contributed by atoms with Crippen molar-refractivity contribution < 1.29 is 9.18 Å². The van der Waals surface area contributed by atoms with Gasteiger partial charge in [-0.25, -0.2) is 14.4 Å². The molecule has 1 aliphatic carbocycles. The van der Waals surface area contributed by atoms with Crippen LogP contribution in [0.2, 0.25) is 0 Å². The molecule has 1 aliphatic heterocycles. The third kappa shape index (κ3) is 5.82. The number of pyridine rings is 1. The summed E-state index contributed by atoms with van der Waals surface area (Å²) < 4.78 is 14.8. The number of nitrogens with one attached hydrogen (secondary N) is 3. The van der Waals surface area contributed by atoms with Crippen molar-refractivity contribution in [3.05, 3.63) is 77.6 Å². The first-order chi connectivity index (χ1) is 16.2. The molecule has 1 fully saturated rings. The average molecular weight is 463 g/mol. The molecule has 0 aromatic carbocycles. The summed E-state index contributed by atoms with van der Waals surface area (Å²) >= 11 is 0. The fourth-order valence-electron chi connectivity index (χ4n) is 3.53. The van der Waals surface area contributed by atoms with Gasteiger partial charge in [0.05, 0.1) is 24.1 Å². The van der Waals surface area contributed by atoms with E-state index in [0.29, 0.717) is 35.9 Å². The highest BCUT2D eigenvalue weighted by Gasteiger charge is 2.20. The molecule has 0 radical (unpaired) electrons. The van der Waals surface area contributed by atoms with Crippen molar-refractivity contribution >= 4 is 28.8 Å². The van der Waals surface area contributed by atoms with E-state index in [1.165, 1.54) is 6.08 Å². The quantitative estimate of drug-likeness (QED) is 0.512. The lowest BCUT2D eigenvalue weighted by Crippen LogP contribution is -2.48. The lowest BCUT2D eigenvalue weighted by Gasteiger charge is -2.27. The first kappa shape index (κ1) is 25.0. The van der Waals surface area contributed by atoms with Gasteiger partial charge in [0.2, 0.25) is 5.91 Å². The van der Waals surface area contributed by atoms with E-state index in [0.717, 1.165) is 17.7 Å². The second kappa shape index (κ2) is 11.0. The molecule has 8 heteroatoms. The Morgan fingerprint density at radius 1 is 1.38 bits per heavy atom. The number of piperazine rings is 1. The molecule has 3 N–H and O–H groups in total. The lowest BCUT2D eigenvalue weighted by molar-refractivity contribution is -0.118. The van der Waals surface area contributed by atoms with Gasteiger partial charge in [-0.15, -0.1) is 0 Å². The van der Waals surface area contributed by atoms with E-state index < -0.39 is 5.83 Å². The molecular formula is C26H31FN6O. The normalized spacial score (nSPS) is 18.9. The predicted molar refractivity (Wildman–Crippen MR) is 137 cm³/mol.